The number of nitrogens with zero attached hydrogens (tertiary/aromatic N) is 1. The molecule has 2 rings (SSSR count). The molecule has 0 bridgehead atoms. The van der Waals surface area contributed by atoms with Gasteiger partial charge in [-0.15, -0.1) is 0 Å². The van der Waals surface area contributed by atoms with E-state index in [2.05, 4.69) is 11.6 Å². The zero-order chi connectivity index (χ0) is 11.9. The van der Waals surface area contributed by atoms with Crippen LogP contribution in [0.2, 0.25) is 0 Å². The van der Waals surface area contributed by atoms with Crippen molar-refractivity contribution >= 4 is 28.7 Å². The molecule has 2 aliphatic rings. The fraction of sp³-hybridized carbons (Fsp3) is 0.923. The Bertz CT molecular complexity index is 256. The predicted octanol–water partition coefficient (Wildman–Crippen LogP) is 3.38. The lowest BCUT2D eigenvalue weighted by Gasteiger charge is -2.36. The van der Waals surface area contributed by atoms with E-state index < -0.39 is 0 Å². The van der Waals surface area contributed by atoms with Gasteiger partial charge in [0.2, 0.25) is 0 Å². The summed E-state index contributed by atoms with van der Waals surface area (Å²) < 4.78 is 0. The van der Waals surface area contributed by atoms with Gasteiger partial charge in [-0.25, -0.2) is 0 Å². The molecule has 17 heavy (non-hydrogen) atoms. The summed E-state index contributed by atoms with van der Waals surface area (Å²) >= 11 is 3.88. The molecule has 1 saturated carbocycles. The Balaban J connectivity index is 1.69. The molecule has 0 aromatic rings. The van der Waals surface area contributed by atoms with Crippen LogP contribution >= 0.6 is 23.5 Å². The van der Waals surface area contributed by atoms with Gasteiger partial charge in [-0.3, -0.25) is 4.99 Å². The fourth-order valence-corrected chi connectivity index (χ4v) is 4.29. The average molecular weight is 272 g/mol. The molecule has 1 aliphatic heterocycles. The molecule has 0 radical (unpaired) electrons. The normalized spacial score (nSPS) is 31.0. The summed E-state index contributed by atoms with van der Waals surface area (Å²) in [6.45, 7) is 1.01. The summed E-state index contributed by atoms with van der Waals surface area (Å²) in [5.74, 6) is 3.47. The maximum absolute atomic E-state index is 4.71. The Kier molecular flexibility index (Phi) is 6.06. The number of aliphatic imine (C=N–C) groups is 1. The number of thioether (sulfide) groups is 2. The van der Waals surface area contributed by atoms with Crippen molar-refractivity contribution in [1.82, 2.24) is 5.32 Å². The van der Waals surface area contributed by atoms with Crippen LogP contribution in [0.1, 0.15) is 38.5 Å². The highest BCUT2D eigenvalue weighted by molar-refractivity contribution is 8.13. The molecular weight excluding hydrogens is 248 g/mol. The first kappa shape index (κ1) is 13.6. The highest BCUT2D eigenvalue weighted by atomic mass is 32.2. The Labute approximate surface area is 114 Å². The first-order valence-electron chi connectivity index (χ1n) is 6.83. The second-order valence-electron chi connectivity index (χ2n) is 4.99. The fourth-order valence-electron chi connectivity index (χ4n) is 2.61. The van der Waals surface area contributed by atoms with Crippen LogP contribution in [0.25, 0.3) is 0 Å². The van der Waals surface area contributed by atoms with E-state index in [0.29, 0.717) is 0 Å². The van der Waals surface area contributed by atoms with E-state index in [0.717, 1.165) is 18.5 Å². The van der Waals surface area contributed by atoms with E-state index in [1.54, 1.807) is 0 Å². The van der Waals surface area contributed by atoms with Gasteiger partial charge in [0.15, 0.2) is 5.17 Å². The van der Waals surface area contributed by atoms with Crippen LogP contribution in [0, 0.1) is 5.92 Å². The van der Waals surface area contributed by atoms with Crippen molar-refractivity contribution < 1.29 is 0 Å². The van der Waals surface area contributed by atoms with E-state index in [1.807, 2.05) is 23.5 Å². The summed E-state index contributed by atoms with van der Waals surface area (Å²) in [7, 11) is 0. The van der Waals surface area contributed by atoms with Crippen LogP contribution in [-0.4, -0.2) is 35.5 Å². The summed E-state index contributed by atoms with van der Waals surface area (Å²) in [5, 5.41) is 4.87. The van der Waals surface area contributed by atoms with Crippen molar-refractivity contribution in [2.75, 3.05) is 24.3 Å². The van der Waals surface area contributed by atoms with Crippen LogP contribution < -0.4 is 5.32 Å². The van der Waals surface area contributed by atoms with Crippen molar-refractivity contribution in [3.8, 4) is 0 Å². The Morgan fingerprint density at radius 1 is 1.35 bits per heavy atom. The molecule has 1 saturated heterocycles. The summed E-state index contributed by atoms with van der Waals surface area (Å²) in [4.78, 5) is 4.71. The second-order valence-corrected chi connectivity index (χ2v) is 6.99. The molecule has 4 heteroatoms. The zero-order valence-corrected chi connectivity index (χ0v) is 12.4. The number of hydrogen-bond acceptors (Lipinski definition) is 3. The first-order chi connectivity index (χ1) is 8.40. The van der Waals surface area contributed by atoms with Gasteiger partial charge in [0.05, 0.1) is 0 Å². The van der Waals surface area contributed by atoms with Crippen LogP contribution in [0.3, 0.4) is 0 Å². The largest absolute Gasteiger partial charge is 0.362 e. The van der Waals surface area contributed by atoms with Crippen LogP contribution in [-0.2, 0) is 0 Å². The van der Waals surface area contributed by atoms with Crippen molar-refractivity contribution in [2.45, 2.75) is 44.6 Å². The number of nitrogens with one attached hydrogen (secondary N) is 1. The quantitative estimate of drug-likeness (QED) is 0.777. The average Bonchev–Trinajstić information content (AvgIpc) is 2.38. The van der Waals surface area contributed by atoms with Gasteiger partial charge in [-0.2, -0.15) is 11.8 Å². The SMILES string of the molecule is CSCCCCN=C1NC2CCCCC2CS1. The highest BCUT2D eigenvalue weighted by Gasteiger charge is 2.29. The number of amidine groups is 1. The van der Waals surface area contributed by atoms with Crippen molar-refractivity contribution in [3.63, 3.8) is 0 Å². The zero-order valence-electron chi connectivity index (χ0n) is 10.8. The van der Waals surface area contributed by atoms with Crippen LogP contribution in [0.15, 0.2) is 4.99 Å². The summed E-state index contributed by atoms with van der Waals surface area (Å²) in [6, 6.07) is 0.731. The number of rotatable bonds is 5. The van der Waals surface area contributed by atoms with Gasteiger partial charge in [-0.1, -0.05) is 24.6 Å². The lowest BCUT2D eigenvalue weighted by atomic mass is 9.86. The standard InChI is InChI=1S/C13H24N2S2/c1-16-9-5-4-8-14-13-15-12-7-3-2-6-11(12)10-17-13/h11-12H,2-10H2,1H3,(H,14,15). The van der Waals surface area contributed by atoms with Crippen LogP contribution in [0.4, 0.5) is 0 Å². The smallest absolute Gasteiger partial charge is 0.156 e. The molecule has 0 aromatic carbocycles. The Hall–Kier alpha value is 0.170. The van der Waals surface area contributed by atoms with Gasteiger partial charge >= 0.3 is 0 Å². The molecule has 98 valence electrons. The van der Waals surface area contributed by atoms with E-state index in [9.17, 15) is 0 Å². The first-order valence-corrected chi connectivity index (χ1v) is 9.21. The Morgan fingerprint density at radius 2 is 2.24 bits per heavy atom. The molecule has 1 N–H and O–H groups in total. The van der Waals surface area contributed by atoms with Gasteiger partial charge in [0, 0.05) is 18.3 Å². The van der Waals surface area contributed by atoms with E-state index in [4.69, 9.17) is 4.99 Å². The molecule has 0 spiro atoms. The number of fused-ring (bicyclic) bond motifs is 1. The number of unbranched alkanes of at least 4 members (excludes halogenated alkanes) is 1. The topological polar surface area (TPSA) is 24.4 Å². The minimum atomic E-state index is 0.731. The summed E-state index contributed by atoms with van der Waals surface area (Å²) in [6.07, 6.45) is 10.3. The van der Waals surface area contributed by atoms with Gasteiger partial charge in [-0.05, 0) is 43.6 Å². The van der Waals surface area contributed by atoms with Crippen molar-refractivity contribution in [1.29, 1.82) is 0 Å². The van der Waals surface area contributed by atoms with Crippen molar-refractivity contribution in [3.05, 3.63) is 0 Å². The van der Waals surface area contributed by atoms with E-state index in [1.165, 1.54) is 55.2 Å². The molecular formula is C13H24N2S2. The second kappa shape index (κ2) is 7.57. The monoisotopic (exact) mass is 272 g/mol. The van der Waals surface area contributed by atoms with E-state index in [-0.39, 0.29) is 0 Å². The van der Waals surface area contributed by atoms with Gasteiger partial charge in [0.1, 0.15) is 0 Å². The minimum absolute atomic E-state index is 0.731. The van der Waals surface area contributed by atoms with E-state index >= 15 is 0 Å². The third-order valence-electron chi connectivity index (χ3n) is 3.66. The molecule has 1 aliphatic carbocycles. The molecule has 2 unspecified atom stereocenters. The van der Waals surface area contributed by atoms with Crippen LogP contribution in [0.5, 0.6) is 0 Å². The molecule has 0 aromatic heterocycles. The Morgan fingerprint density at radius 3 is 3.12 bits per heavy atom. The molecule has 0 amide bonds. The molecule has 2 fully saturated rings. The predicted molar refractivity (Wildman–Crippen MR) is 81.3 cm³/mol. The minimum Gasteiger partial charge on any atom is -0.362 e. The maximum atomic E-state index is 4.71. The lowest BCUT2D eigenvalue weighted by Crippen LogP contribution is -2.46. The third-order valence-corrected chi connectivity index (χ3v) is 5.48. The highest BCUT2D eigenvalue weighted by Crippen LogP contribution is 2.31. The lowest BCUT2D eigenvalue weighted by molar-refractivity contribution is 0.311. The number of hydrogen-bond donors (Lipinski definition) is 1. The maximum Gasteiger partial charge on any atom is 0.156 e. The third kappa shape index (κ3) is 4.40. The molecule has 2 nitrogen and oxygen atoms in total. The van der Waals surface area contributed by atoms with Gasteiger partial charge < -0.3 is 5.32 Å². The molecule has 2 atom stereocenters. The van der Waals surface area contributed by atoms with Crippen molar-refractivity contribution in [2.24, 2.45) is 10.9 Å². The molecule has 1 heterocycles. The van der Waals surface area contributed by atoms with Gasteiger partial charge in [0.25, 0.3) is 0 Å². The summed E-state index contributed by atoms with van der Waals surface area (Å²) in [5.41, 5.74) is 0.